The fourth-order valence-electron chi connectivity index (χ4n) is 0.641. The highest BCUT2D eigenvalue weighted by Crippen LogP contribution is 2.27. The average Bonchev–Trinajstić information content (AvgIpc) is 1.88. The summed E-state index contributed by atoms with van der Waals surface area (Å²) in [4.78, 5) is 0. The number of hydrogen-bond acceptors (Lipinski definition) is 1. The minimum atomic E-state index is 0. The molecule has 0 atom stereocenters. The lowest BCUT2D eigenvalue weighted by Crippen LogP contribution is -1.82. The molecule has 0 amide bonds. The van der Waals surface area contributed by atoms with Gasteiger partial charge in [-0.1, -0.05) is 11.6 Å². The molecule has 0 aliphatic heterocycles. The molecule has 0 saturated carbocycles. The lowest BCUT2D eigenvalue weighted by molar-refractivity contribution is 0.412. The van der Waals surface area contributed by atoms with Gasteiger partial charge in [0, 0.05) is 5.02 Å². The highest BCUT2D eigenvalue weighted by atomic mass is 79.9. The molecule has 0 N–H and O–H groups in total. The van der Waals surface area contributed by atoms with Crippen molar-refractivity contribution in [3.05, 3.63) is 27.7 Å². The van der Waals surface area contributed by atoms with Crippen molar-refractivity contribution in [1.29, 1.82) is 0 Å². The van der Waals surface area contributed by atoms with E-state index >= 15 is 0 Å². The van der Waals surface area contributed by atoms with Crippen LogP contribution in [0.1, 0.15) is 0 Å². The highest BCUT2D eigenvalue weighted by Gasteiger charge is 1.97. The lowest BCUT2D eigenvalue weighted by atomic mass is 10.3. The Morgan fingerprint density at radius 3 is 2.55 bits per heavy atom. The molecule has 0 unspecified atom stereocenters. The molecule has 0 fully saturated rings. The maximum atomic E-state index is 5.69. The van der Waals surface area contributed by atoms with Crippen LogP contribution in [0.25, 0.3) is 0 Å². The van der Waals surface area contributed by atoms with Crippen LogP contribution in [0.4, 0.5) is 0 Å². The van der Waals surface area contributed by atoms with Crippen molar-refractivity contribution in [3.8, 4) is 5.75 Å². The van der Waals surface area contributed by atoms with Gasteiger partial charge in [0.05, 0.1) is 11.6 Å². The number of rotatable bonds is 1. The zero-order valence-corrected chi connectivity index (χ0v) is 7.74. The van der Waals surface area contributed by atoms with Crippen LogP contribution in [0.15, 0.2) is 22.7 Å². The highest BCUT2D eigenvalue weighted by molar-refractivity contribution is 9.10. The summed E-state index contributed by atoms with van der Waals surface area (Å²) in [5, 5.41) is 0.702. The van der Waals surface area contributed by atoms with E-state index < -0.39 is 0 Å². The molecule has 1 rings (SSSR count). The molecule has 58 valence electrons. The number of methoxy groups -OCH3 is 1. The number of ether oxygens (including phenoxy) is 1. The van der Waals surface area contributed by atoms with Gasteiger partial charge in [-0.25, -0.2) is 0 Å². The molecule has 0 saturated heterocycles. The van der Waals surface area contributed by atoms with Crippen LogP contribution in [0.2, 0.25) is 5.02 Å². The Morgan fingerprint density at radius 1 is 1.45 bits per heavy atom. The van der Waals surface area contributed by atoms with Crippen LogP contribution in [0.3, 0.4) is 0 Å². The van der Waals surface area contributed by atoms with E-state index in [1.54, 1.807) is 19.2 Å². The van der Waals surface area contributed by atoms with Gasteiger partial charge in [0.25, 0.3) is 0 Å². The number of benzene rings is 1. The second kappa shape index (κ2) is 5.25. The standard InChI is InChI=1S/C7H6BrClO.Mg.2H/c1-10-7-3-2-5(9)4-6(7)8;;;/h2-4H,1H3;;;. The van der Waals surface area contributed by atoms with Crippen molar-refractivity contribution in [2.24, 2.45) is 0 Å². The van der Waals surface area contributed by atoms with Gasteiger partial charge < -0.3 is 4.74 Å². The molecule has 4 heteroatoms. The van der Waals surface area contributed by atoms with E-state index in [1.807, 2.05) is 6.07 Å². The normalized spacial score (nSPS) is 8.64. The molecule has 0 bridgehead atoms. The molecule has 0 heterocycles. The first-order chi connectivity index (χ1) is 4.74. The Labute approximate surface area is 95.4 Å². The van der Waals surface area contributed by atoms with E-state index in [0.717, 1.165) is 10.2 Å². The van der Waals surface area contributed by atoms with Crippen molar-refractivity contribution in [3.63, 3.8) is 0 Å². The molecular formula is C7H8BrClMgO. The molecule has 1 aromatic carbocycles. The third-order valence-corrected chi connectivity index (χ3v) is 1.97. The van der Waals surface area contributed by atoms with Gasteiger partial charge in [-0.05, 0) is 34.1 Å². The zero-order valence-electron chi connectivity index (χ0n) is 5.40. The first kappa shape index (κ1) is 11.6. The van der Waals surface area contributed by atoms with Gasteiger partial charge in [0.1, 0.15) is 5.75 Å². The van der Waals surface area contributed by atoms with E-state index in [2.05, 4.69) is 15.9 Å². The molecule has 11 heavy (non-hydrogen) atoms. The first-order valence-corrected chi connectivity index (χ1v) is 3.90. The molecule has 0 spiro atoms. The minimum absolute atomic E-state index is 0. The van der Waals surface area contributed by atoms with E-state index in [4.69, 9.17) is 16.3 Å². The summed E-state index contributed by atoms with van der Waals surface area (Å²) in [5.74, 6) is 0.796. The maximum Gasteiger partial charge on any atom is 0.316 e. The van der Waals surface area contributed by atoms with E-state index in [0.29, 0.717) is 5.02 Å². The zero-order chi connectivity index (χ0) is 7.56. The topological polar surface area (TPSA) is 9.23 Å². The van der Waals surface area contributed by atoms with Crippen molar-refractivity contribution in [2.75, 3.05) is 7.11 Å². The average molecular weight is 248 g/mol. The number of hydrogen-bond donors (Lipinski definition) is 0. The van der Waals surface area contributed by atoms with Gasteiger partial charge in [0.15, 0.2) is 0 Å². The second-order valence-corrected chi connectivity index (χ2v) is 3.07. The monoisotopic (exact) mass is 246 g/mol. The lowest BCUT2D eigenvalue weighted by Gasteiger charge is -2.01. The van der Waals surface area contributed by atoms with E-state index in [-0.39, 0.29) is 23.1 Å². The predicted octanol–water partition coefficient (Wildman–Crippen LogP) is 2.19. The molecule has 1 aromatic rings. The van der Waals surface area contributed by atoms with Crippen molar-refractivity contribution < 1.29 is 4.74 Å². The van der Waals surface area contributed by atoms with Crippen molar-refractivity contribution in [1.82, 2.24) is 0 Å². The summed E-state index contributed by atoms with van der Waals surface area (Å²) in [5.41, 5.74) is 0. The molecule has 0 aromatic heterocycles. The molecule has 0 aliphatic carbocycles. The Balaban J connectivity index is 0.000001000. The van der Waals surface area contributed by atoms with Crippen LogP contribution >= 0.6 is 27.5 Å². The van der Waals surface area contributed by atoms with Crippen LogP contribution in [-0.4, -0.2) is 30.2 Å². The van der Waals surface area contributed by atoms with Gasteiger partial charge in [0.2, 0.25) is 0 Å². The molecule has 0 radical (unpaired) electrons. The fourth-order valence-corrected chi connectivity index (χ4v) is 1.49. The second-order valence-electron chi connectivity index (χ2n) is 1.78. The van der Waals surface area contributed by atoms with Gasteiger partial charge in [-0.15, -0.1) is 0 Å². The molecule has 1 nitrogen and oxygen atoms in total. The number of halogens is 2. The van der Waals surface area contributed by atoms with Crippen LogP contribution in [-0.2, 0) is 0 Å². The summed E-state index contributed by atoms with van der Waals surface area (Å²) in [6.07, 6.45) is 0. The smallest absolute Gasteiger partial charge is 0.316 e. The van der Waals surface area contributed by atoms with Gasteiger partial charge in [-0.2, -0.15) is 0 Å². The van der Waals surface area contributed by atoms with Crippen LogP contribution in [0, 0.1) is 0 Å². The predicted molar refractivity (Wildman–Crippen MR) is 54.2 cm³/mol. The van der Waals surface area contributed by atoms with Gasteiger partial charge in [-0.3, -0.25) is 0 Å². The van der Waals surface area contributed by atoms with Crippen molar-refractivity contribution in [2.45, 2.75) is 0 Å². The third kappa shape index (κ3) is 3.19. The summed E-state index contributed by atoms with van der Waals surface area (Å²) in [6, 6.07) is 5.39. The largest absolute Gasteiger partial charge is 0.496 e. The Hall–Kier alpha value is 0.556. The van der Waals surface area contributed by atoms with Crippen LogP contribution < -0.4 is 4.74 Å². The summed E-state index contributed by atoms with van der Waals surface area (Å²) in [7, 11) is 1.62. The fraction of sp³-hybridized carbons (Fsp3) is 0.143. The Morgan fingerprint density at radius 2 is 2.09 bits per heavy atom. The van der Waals surface area contributed by atoms with E-state index in [9.17, 15) is 0 Å². The van der Waals surface area contributed by atoms with Gasteiger partial charge >= 0.3 is 23.1 Å². The first-order valence-electron chi connectivity index (χ1n) is 2.73. The summed E-state index contributed by atoms with van der Waals surface area (Å²) < 4.78 is 5.87. The minimum Gasteiger partial charge on any atom is -0.496 e. The molecular weight excluding hydrogens is 240 g/mol. The third-order valence-electron chi connectivity index (χ3n) is 1.11. The molecule has 0 aliphatic rings. The van der Waals surface area contributed by atoms with Crippen molar-refractivity contribution >= 4 is 50.6 Å². The van der Waals surface area contributed by atoms with Crippen LogP contribution in [0.5, 0.6) is 5.75 Å². The Kier molecular flexibility index (Phi) is 5.51. The summed E-state index contributed by atoms with van der Waals surface area (Å²) in [6.45, 7) is 0. The summed E-state index contributed by atoms with van der Waals surface area (Å²) >= 11 is 8.99. The van der Waals surface area contributed by atoms with E-state index in [1.165, 1.54) is 0 Å². The maximum absolute atomic E-state index is 5.69. The SMILES string of the molecule is COc1ccc(Cl)cc1Br.[MgH2]. The quantitative estimate of drug-likeness (QED) is 0.692. The Bertz CT molecular complexity index is 242.